The molecule has 0 bridgehead atoms. The van der Waals surface area contributed by atoms with E-state index in [1.54, 1.807) is 18.2 Å². The molecular weight excluding hydrogens is 335 g/mol. The van der Waals surface area contributed by atoms with Crippen LogP contribution >= 0.6 is 7.60 Å². The first-order valence-electron chi connectivity index (χ1n) is 6.04. The molecule has 1 atom stereocenters. The van der Waals surface area contributed by atoms with Crippen molar-refractivity contribution in [3.63, 3.8) is 0 Å². The summed E-state index contributed by atoms with van der Waals surface area (Å²) >= 11 is 0. The van der Waals surface area contributed by atoms with Gasteiger partial charge in [0.05, 0.1) is 17.3 Å². The number of nitriles is 1. The van der Waals surface area contributed by atoms with Crippen LogP contribution in [0.4, 0.5) is 0 Å². The Bertz CT molecular complexity index is 738. The first-order valence-corrected chi connectivity index (χ1v) is 7.65. The van der Waals surface area contributed by atoms with Crippen molar-refractivity contribution in [2.45, 2.75) is 5.66 Å². The van der Waals surface area contributed by atoms with Gasteiger partial charge >= 0.3 is 59.1 Å². The minimum Gasteiger partial charge on any atom is -0.810 e. The maximum atomic E-state index is 12.3. The summed E-state index contributed by atoms with van der Waals surface area (Å²) in [6.07, 6.45) is 0. The predicted octanol–water partition coefficient (Wildman–Crippen LogP) is -4.60. The number of nitrogens with zero attached hydrogens (tertiary/aromatic N) is 1. The topological polar surface area (TPSA) is 104 Å². The molecule has 0 saturated heterocycles. The maximum Gasteiger partial charge on any atom is 1.00 e. The first kappa shape index (κ1) is 22.8. The number of hydrogen-bond acceptors (Lipinski definition) is 5. The molecule has 0 radical (unpaired) electrons. The van der Waals surface area contributed by atoms with Crippen LogP contribution in [0.5, 0.6) is 0 Å². The third kappa shape index (κ3) is 5.95. The van der Waals surface area contributed by atoms with Crippen LogP contribution in [-0.4, -0.2) is 5.78 Å². The van der Waals surface area contributed by atoms with Gasteiger partial charge in [0, 0.05) is 5.56 Å². The second kappa shape index (κ2) is 9.90. The van der Waals surface area contributed by atoms with Gasteiger partial charge in [0.25, 0.3) is 0 Å². The molecule has 0 spiro atoms. The Labute approximate surface area is 178 Å². The molecule has 0 aliphatic rings. The first-order chi connectivity index (χ1) is 9.93. The molecule has 0 saturated carbocycles. The van der Waals surface area contributed by atoms with Crippen LogP contribution in [0.3, 0.4) is 0 Å². The Morgan fingerprint density at radius 2 is 1.52 bits per heavy atom. The normalized spacial score (nSPS) is 11.3. The van der Waals surface area contributed by atoms with E-state index in [-0.39, 0.29) is 70.2 Å². The molecule has 2 aromatic rings. The van der Waals surface area contributed by atoms with Gasteiger partial charge in [0.1, 0.15) is 0 Å². The number of ketones is 1. The third-order valence-electron chi connectivity index (χ3n) is 2.98. The van der Waals surface area contributed by atoms with Crippen molar-refractivity contribution in [1.29, 1.82) is 5.26 Å². The van der Waals surface area contributed by atoms with Crippen molar-refractivity contribution in [1.82, 2.24) is 0 Å². The van der Waals surface area contributed by atoms with Gasteiger partial charge in [0.15, 0.2) is 5.78 Å². The van der Waals surface area contributed by atoms with Crippen LogP contribution < -0.4 is 68.9 Å². The molecule has 0 heterocycles. The molecule has 0 aromatic heterocycles. The average molecular weight is 345 g/mol. The fraction of sp³-hybridized carbons (Fsp3) is 0.0667. The van der Waals surface area contributed by atoms with Crippen molar-refractivity contribution >= 4 is 13.4 Å². The molecule has 0 N–H and O–H groups in total. The monoisotopic (exact) mass is 345 g/mol. The quantitative estimate of drug-likeness (QED) is 0.315. The molecule has 2 aromatic carbocycles. The van der Waals surface area contributed by atoms with E-state index in [0.29, 0.717) is 5.56 Å². The molecule has 0 fully saturated rings. The zero-order valence-electron chi connectivity index (χ0n) is 12.8. The van der Waals surface area contributed by atoms with E-state index in [1.807, 2.05) is 6.07 Å². The largest absolute Gasteiger partial charge is 1.00 e. The molecule has 2 rings (SSSR count). The maximum absolute atomic E-state index is 12.3. The minimum atomic E-state index is -5.15. The Hall–Kier alpha value is -0.250. The Kier molecular flexibility index (Phi) is 9.80. The van der Waals surface area contributed by atoms with Crippen molar-refractivity contribution in [2.24, 2.45) is 0 Å². The van der Waals surface area contributed by atoms with Crippen LogP contribution in [0.1, 0.15) is 27.1 Å². The van der Waals surface area contributed by atoms with E-state index in [0.717, 1.165) is 0 Å². The van der Waals surface area contributed by atoms with Crippen molar-refractivity contribution in [3.8, 4) is 6.07 Å². The molecule has 23 heavy (non-hydrogen) atoms. The molecule has 0 aliphatic heterocycles. The zero-order chi connectivity index (χ0) is 15.5. The fourth-order valence-electron chi connectivity index (χ4n) is 1.98. The number of carbonyl (C=O) groups excluding carboxylic acids is 1. The molecule has 1 unspecified atom stereocenters. The van der Waals surface area contributed by atoms with Gasteiger partial charge in [-0.15, -0.1) is 0 Å². The fourth-order valence-corrected chi connectivity index (χ4v) is 2.95. The Balaban J connectivity index is 0.00000242. The summed E-state index contributed by atoms with van der Waals surface area (Å²) in [7, 11) is -5.15. The summed E-state index contributed by atoms with van der Waals surface area (Å²) in [5.41, 5.74) is -1.20. The van der Waals surface area contributed by atoms with Gasteiger partial charge in [-0.1, -0.05) is 50.1 Å². The summed E-state index contributed by atoms with van der Waals surface area (Å²) in [5, 5.41) is 8.70. The molecule has 106 valence electrons. The summed E-state index contributed by atoms with van der Waals surface area (Å²) in [4.78, 5) is 35.3. The number of benzene rings is 2. The van der Waals surface area contributed by atoms with E-state index in [4.69, 9.17) is 5.26 Å². The number of hydrogen-bond donors (Lipinski definition) is 0. The van der Waals surface area contributed by atoms with Gasteiger partial charge in [-0.05, 0) is 17.7 Å². The molecular formula is C15H10NNa2O4P. The Morgan fingerprint density at radius 3 is 1.96 bits per heavy atom. The second-order valence-corrected chi connectivity index (χ2v) is 6.00. The minimum absolute atomic E-state index is 0. The van der Waals surface area contributed by atoms with Crippen LogP contribution in [0.2, 0.25) is 0 Å². The predicted molar refractivity (Wildman–Crippen MR) is 72.3 cm³/mol. The second-order valence-electron chi connectivity index (χ2n) is 4.41. The third-order valence-corrected chi connectivity index (χ3v) is 4.14. The molecule has 8 heteroatoms. The van der Waals surface area contributed by atoms with Crippen LogP contribution in [0.25, 0.3) is 0 Å². The Morgan fingerprint density at radius 1 is 1.00 bits per heavy atom. The van der Waals surface area contributed by atoms with Gasteiger partial charge in [0.2, 0.25) is 0 Å². The van der Waals surface area contributed by atoms with E-state index in [1.165, 1.54) is 36.4 Å². The number of Topliss-reactive ketones (excluding diaryl/α,β-unsaturated/α-hetero) is 1. The zero-order valence-corrected chi connectivity index (χ0v) is 17.7. The number of rotatable bonds is 4. The standard InChI is InChI=1S/C15H12NO4P.2Na/c16-10-11-6-8-12(9-7-11)14(17)15(21(18,19)20)13-4-2-1-3-5-13;;/h1-9,15H,(H2,18,19,20);;/q;2*+1/p-2. The summed E-state index contributed by atoms with van der Waals surface area (Å²) in [6.45, 7) is 0. The van der Waals surface area contributed by atoms with Crippen molar-refractivity contribution in [3.05, 3.63) is 71.3 Å². The summed E-state index contributed by atoms with van der Waals surface area (Å²) in [6, 6.07) is 15.0. The number of carbonyl (C=O) groups is 1. The molecule has 0 amide bonds. The van der Waals surface area contributed by atoms with E-state index in [9.17, 15) is 19.1 Å². The van der Waals surface area contributed by atoms with Crippen LogP contribution in [0.15, 0.2) is 54.6 Å². The van der Waals surface area contributed by atoms with Crippen LogP contribution in [-0.2, 0) is 4.57 Å². The van der Waals surface area contributed by atoms with Gasteiger partial charge < -0.3 is 14.4 Å². The average Bonchev–Trinajstić information content (AvgIpc) is 2.47. The van der Waals surface area contributed by atoms with E-state index in [2.05, 4.69) is 0 Å². The smallest absolute Gasteiger partial charge is 0.810 e. The SMILES string of the molecule is N#Cc1ccc(C(=O)C(c2ccccc2)P(=O)([O-])[O-])cc1.[Na+].[Na+]. The van der Waals surface area contributed by atoms with Crippen molar-refractivity contribution in [2.75, 3.05) is 0 Å². The van der Waals surface area contributed by atoms with E-state index < -0.39 is 19.0 Å². The van der Waals surface area contributed by atoms with Gasteiger partial charge in [-0.3, -0.25) is 4.79 Å². The van der Waals surface area contributed by atoms with Crippen LogP contribution in [0, 0.1) is 11.3 Å². The van der Waals surface area contributed by atoms with Crippen molar-refractivity contribution < 1.29 is 78.3 Å². The molecule has 0 aliphatic carbocycles. The summed E-state index contributed by atoms with van der Waals surface area (Å²) in [5.74, 6) is -0.793. The van der Waals surface area contributed by atoms with Gasteiger partial charge in [-0.25, -0.2) is 0 Å². The summed E-state index contributed by atoms with van der Waals surface area (Å²) < 4.78 is 11.5. The van der Waals surface area contributed by atoms with Gasteiger partial charge in [-0.2, -0.15) is 5.26 Å². The molecule has 5 nitrogen and oxygen atoms in total. The van der Waals surface area contributed by atoms with E-state index >= 15 is 0 Å².